The van der Waals surface area contributed by atoms with Crippen LogP contribution in [0, 0.1) is 12.7 Å². The fraction of sp³-hybridized carbons (Fsp3) is 0.167. The number of para-hydroxylation sites is 1. The molecule has 0 aliphatic rings. The summed E-state index contributed by atoms with van der Waals surface area (Å²) in [5, 5.41) is 11.6. The van der Waals surface area contributed by atoms with Crippen molar-refractivity contribution in [3.63, 3.8) is 0 Å². The van der Waals surface area contributed by atoms with Gasteiger partial charge in [0.15, 0.2) is 28.6 Å². The topological polar surface area (TPSA) is 72.4 Å². The molecule has 4 rings (SSSR count). The van der Waals surface area contributed by atoms with E-state index in [-0.39, 0.29) is 11.3 Å². The highest BCUT2D eigenvalue weighted by molar-refractivity contribution is 5.99. The lowest BCUT2D eigenvalue weighted by atomic mass is 10.1. The number of hydrogen-bond acceptors (Lipinski definition) is 4. The highest BCUT2D eigenvalue weighted by Gasteiger charge is 2.22. The van der Waals surface area contributed by atoms with Gasteiger partial charge in [-0.3, -0.25) is 9.20 Å². The van der Waals surface area contributed by atoms with E-state index >= 15 is 0 Å². The minimum atomic E-state index is -0.490. The predicted octanol–water partition coefficient (Wildman–Crippen LogP) is 3.41. The first-order valence-electron chi connectivity index (χ1n) is 7.84. The third kappa shape index (κ3) is 2.44. The molecule has 0 saturated heterocycles. The maximum Gasteiger partial charge on any atom is 0.287 e. The molecule has 0 fully saturated rings. The van der Waals surface area contributed by atoms with Gasteiger partial charge >= 0.3 is 0 Å². The number of amides is 1. The first-order chi connectivity index (χ1) is 12.1. The molecule has 0 unspecified atom stereocenters. The Kier molecular flexibility index (Phi) is 3.49. The molecule has 0 spiro atoms. The van der Waals surface area contributed by atoms with Crippen molar-refractivity contribution in [3.8, 4) is 0 Å². The zero-order valence-corrected chi connectivity index (χ0v) is 13.7. The van der Waals surface area contributed by atoms with Gasteiger partial charge in [-0.05, 0) is 32.0 Å². The van der Waals surface area contributed by atoms with Crippen molar-refractivity contribution in [1.29, 1.82) is 0 Å². The maximum absolute atomic E-state index is 13.9. The molecule has 0 aliphatic carbocycles. The Bertz CT molecular complexity index is 1100. The van der Waals surface area contributed by atoms with Crippen LogP contribution in [0.25, 0.3) is 16.6 Å². The highest BCUT2D eigenvalue weighted by atomic mass is 19.1. The van der Waals surface area contributed by atoms with E-state index in [9.17, 15) is 9.18 Å². The number of nitrogens with one attached hydrogen (secondary N) is 1. The first kappa shape index (κ1) is 15.3. The number of fused-ring (bicyclic) bond motifs is 2. The monoisotopic (exact) mass is 338 g/mol. The molecule has 6 nitrogen and oxygen atoms in total. The average Bonchev–Trinajstić information content (AvgIpc) is 3.18. The van der Waals surface area contributed by atoms with Crippen LogP contribution in [0.5, 0.6) is 0 Å². The molecule has 3 heterocycles. The van der Waals surface area contributed by atoms with Gasteiger partial charge in [0.05, 0.1) is 6.04 Å². The number of nitrogens with zero attached hydrogens (tertiary/aromatic N) is 3. The summed E-state index contributed by atoms with van der Waals surface area (Å²) in [6.45, 7) is 3.54. The van der Waals surface area contributed by atoms with Gasteiger partial charge in [0.25, 0.3) is 5.91 Å². The van der Waals surface area contributed by atoms with E-state index in [1.807, 2.05) is 24.4 Å². The Morgan fingerprint density at radius 2 is 2.08 bits per heavy atom. The Morgan fingerprint density at radius 1 is 1.24 bits per heavy atom. The number of hydrogen-bond donors (Lipinski definition) is 1. The number of furan rings is 1. The molecule has 0 bridgehead atoms. The van der Waals surface area contributed by atoms with E-state index in [4.69, 9.17) is 4.42 Å². The number of aromatic nitrogens is 3. The Morgan fingerprint density at radius 3 is 2.88 bits per heavy atom. The summed E-state index contributed by atoms with van der Waals surface area (Å²) in [5.41, 5.74) is 1.39. The van der Waals surface area contributed by atoms with Crippen LogP contribution in [0.4, 0.5) is 4.39 Å². The molecule has 25 heavy (non-hydrogen) atoms. The van der Waals surface area contributed by atoms with Crippen LogP contribution >= 0.6 is 0 Å². The standard InChI is InChI=1S/C18H15FN4O2/c1-10-12-6-5-7-13(19)16(12)25-15(10)18(24)20-11(2)17-22-21-14-8-3-4-9-23(14)17/h3-9,11H,1-2H3,(H,20,24)/t11-/m0/s1. The number of pyridine rings is 1. The normalized spacial score (nSPS) is 12.6. The van der Waals surface area contributed by atoms with Gasteiger partial charge < -0.3 is 9.73 Å². The Labute approximate surface area is 142 Å². The minimum Gasteiger partial charge on any atom is -0.448 e. The van der Waals surface area contributed by atoms with Crippen LogP contribution < -0.4 is 5.32 Å². The second kappa shape index (κ2) is 5.70. The van der Waals surface area contributed by atoms with Crippen LogP contribution in [0.1, 0.15) is 34.9 Å². The number of benzene rings is 1. The van der Waals surface area contributed by atoms with Gasteiger partial charge in [-0.15, -0.1) is 10.2 Å². The molecule has 3 aromatic heterocycles. The van der Waals surface area contributed by atoms with E-state index < -0.39 is 17.8 Å². The zero-order chi connectivity index (χ0) is 17.6. The molecule has 1 amide bonds. The van der Waals surface area contributed by atoms with Crippen LogP contribution in [0.15, 0.2) is 47.0 Å². The van der Waals surface area contributed by atoms with Crippen molar-refractivity contribution >= 4 is 22.5 Å². The SMILES string of the molecule is Cc1c(C(=O)N[C@@H](C)c2nnc3ccccn23)oc2c(F)cccc12. The molecule has 126 valence electrons. The molecule has 0 radical (unpaired) electrons. The van der Waals surface area contributed by atoms with E-state index in [1.54, 1.807) is 30.4 Å². The van der Waals surface area contributed by atoms with Gasteiger partial charge in [-0.2, -0.15) is 0 Å². The van der Waals surface area contributed by atoms with E-state index in [2.05, 4.69) is 15.5 Å². The lowest BCUT2D eigenvalue weighted by molar-refractivity contribution is 0.0911. The molecular weight excluding hydrogens is 323 g/mol. The number of carbonyl (C=O) groups is 1. The predicted molar refractivity (Wildman–Crippen MR) is 89.8 cm³/mol. The lowest BCUT2D eigenvalue weighted by Crippen LogP contribution is -2.28. The lowest BCUT2D eigenvalue weighted by Gasteiger charge is -2.11. The van der Waals surface area contributed by atoms with E-state index in [0.717, 1.165) is 0 Å². The molecule has 1 aromatic carbocycles. The smallest absolute Gasteiger partial charge is 0.287 e. The average molecular weight is 338 g/mol. The van der Waals surface area contributed by atoms with Crippen LogP contribution in [0.3, 0.4) is 0 Å². The Hall–Kier alpha value is -3.22. The summed E-state index contributed by atoms with van der Waals surface area (Å²) < 4.78 is 21.1. The summed E-state index contributed by atoms with van der Waals surface area (Å²) in [6, 6.07) is 9.78. The quantitative estimate of drug-likeness (QED) is 0.621. The van der Waals surface area contributed by atoms with Crippen molar-refractivity contribution < 1.29 is 13.6 Å². The number of rotatable bonds is 3. The fourth-order valence-corrected chi connectivity index (χ4v) is 2.91. The Balaban J connectivity index is 1.66. The van der Waals surface area contributed by atoms with Crippen molar-refractivity contribution in [2.24, 2.45) is 0 Å². The van der Waals surface area contributed by atoms with Gasteiger partial charge in [0, 0.05) is 17.1 Å². The van der Waals surface area contributed by atoms with E-state index in [1.165, 1.54) is 6.07 Å². The first-order valence-corrected chi connectivity index (χ1v) is 7.84. The fourth-order valence-electron chi connectivity index (χ4n) is 2.91. The molecular formula is C18H15FN4O2. The third-order valence-electron chi connectivity index (χ3n) is 4.20. The van der Waals surface area contributed by atoms with Crippen molar-refractivity contribution in [1.82, 2.24) is 19.9 Å². The zero-order valence-electron chi connectivity index (χ0n) is 13.7. The highest BCUT2D eigenvalue weighted by Crippen LogP contribution is 2.27. The van der Waals surface area contributed by atoms with Gasteiger partial charge in [-0.1, -0.05) is 18.2 Å². The summed E-state index contributed by atoms with van der Waals surface area (Å²) in [4.78, 5) is 12.6. The second-order valence-electron chi connectivity index (χ2n) is 5.85. The molecule has 0 saturated carbocycles. The number of carbonyl (C=O) groups excluding carboxylic acids is 1. The summed E-state index contributed by atoms with van der Waals surface area (Å²) in [7, 11) is 0. The molecule has 0 aliphatic heterocycles. The van der Waals surface area contributed by atoms with Gasteiger partial charge in [0.2, 0.25) is 0 Å². The molecule has 7 heteroatoms. The summed E-state index contributed by atoms with van der Waals surface area (Å²) in [5.74, 6) is -0.214. The summed E-state index contributed by atoms with van der Waals surface area (Å²) in [6.07, 6.45) is 1.83. The van der Waals surface area contributed by atoms with Crippen molar-refractivity contribution in [2.75, 3.05) is 0 Å². The van der Waals surface area contributed by atoms with Gasteiger partial charge in [0.1, 0.15) is 0 Å². The summed E-state index contributed by atoms with van der Waals surface area (Å²) >= 11 is 0. The molecule has 1 atom stereocenters. The van der Waals surface area contributed by atoms with Crippen LogP contribution in [-0.4, -0.2) is 20.5 Å². The van der Waals surface area contributed by atoms with E-state index in [0.29, 0.717) is 22.4 Å². The maximum atomic E-state index is 13.9. The number of halogens is 1. The van der Waals surface area contributed by atoms with Crippen molar-refractivity contribution in [2.45, 2.75) is 19.9 Å². The van der Waals surface area contributed by atoms with Crippen LogP contribution in [-0.2, 0) is 0 Å². The largest absolute Gasteiger partial charge is 0.448 e. The second-order valence-corrected chi connectivity index (χ2v) is 5.85. The van der Waals surface area contributed by atoms with Crippen molar-refractivity contribution in [3.05, 3.63) is 65.6 Å². The van der Waals surface area contributed by atoms with Gasteiger partial charge in [-0.25, -0.2) is 4.39 Å². The molecule has 1 N–H and O–H groups in total. The van der Waals surface area contributed by atoms with Crippen LogP contribution in [0.2, 0.25) is 0 Å². The molecule has 4 aromatic rings. The minimum absolute atomic E-state index is 0.0886. The number of aryl methyl sites for hydroxylation is 1. The third-order valence-corrected chi connectivity index (χ3v) is 4.20.